The van der Waals surface area contributed by atoms with Crippen molar-refractivity contribution in [2.45, 2.75) is 38.6 Å². The molecule has 2 aliphatic rings. The van der Waals surface area contributed by atoms with Crippen LogP contribution >= 0.6 is 11.8 Å². The first kappa shape index (κ1) is 12.2. The summed E-state index contributed by atoms with van der Waals surface area (Å²) in [5.41, 5.74) is 0. The Kier molecular flexibility index (Phi) is 4.97. The van der Waals surface area contributed by atoms with Gasteiger partial charge in [-0.15, -0.1) is 0 Å². The highest BCUT2D eigenvalue weighted by Gasteiger charge is 2.21. The van der Waals surface area contributed by atoms with Gasteiger partial charge in [-0.1, -0.05) is 18.7 Å². The molecule has 0 radical (unpaired) electrons. The third-order valence-corrected chi connectivity index (χ3v) is 4.08. The predicted molar refractivity (Wildman–Crippen MR) is 70.1 cm³/mol. The van der Waals surface area contributed by atoms with Crippen LogP contribution in [0, 0.1) is 5.92 Å². The van der Waals surface area contributed by atoms with E-state index in [1.54, 1.807) is 0 Å². The minimum Gasteiger partial charge on any atom is -0.381 e. The van der Waals surface area contributed by atoms with Gasteiger partial charge in [-0.3, -0.25) is 4.99 Å². The topological polar surface area (TPSA) is 33.6 Å². The van der Waals surface area contributed by atoms with Crippen LogP contribution in [-0.4, -0.2) is 36.7 Å². The van der Waals surface area contributed by atoms with Crippen molar-refractivity contribution in [3.05, 3.63) is 0 Å². The number of nitrogens with zero attached hydrogens (tertiary/aromatic N) is 1. The minimum absolute atomic E-state index is 0.634. The summed E-state index contributed by atoms with van der Waals surface area (Å²) in [4.78, 5) is 4.54. The normalized spacial score (nSPS) is 27.3. The quantitative estimate of drug-likeness (QED) is 0.695. The number of aliphatic imine (C=N–C) groups is 1. The van der Waals surface area contributed by atoms with Gasteiger partial charge in [-0.05, 0) is 31.6 Å². The molecule has 0 aromatic rings. The Labute approximate surface area is 102 Å². The number of nitrogens with one attached hydrogen (secondary N) is 1. The summed E-state index contributed by atoms with van der Waals surface area (Å²) in [6.45, 7) is 4.96. The van der Waals surface area contributed by atoms with Gasteiger partial charge in [0.05, 0.1) is 0 Å². The maximum Gasteiger partial charge on any atom is 0.156 e. The lowest BCUT2D eigenvalue weighted by atomic mass is 10.3. The Bertz CT molecular complexity index is 241. The van der Waals surface area contributed by atoms with E-state index < -0.39 is 0 Å². The molecule has 1 unspecified atom stereocenters. The van der Waals surface area contributed by atoms with Gasteiger partial charge < -0.3 is 10.1 Å². The first-order chi connectivity index (χ1) is 7.88. The summed E-state index contributed by atoms with van der Waals surface area (Å²) in [7, 11) is 0. The standard InChI is InChI=1S/C12H22N2OS/c1-2-11-9-16-12(14-11)13-6-3-7-15-8-10-4-5-10/h10-11H,2-9H2,1H3,(H,13,14). The molecule has 0 aromatic carbocycles. The molecular formula is C12H22N2OS. The van der Waals surface area contributed by atoms with E-state index >= 15 is 0 Å². The fourth-order valence-corrected chi connectivity index (χ4v) is 2.74. The Balaban J connectivity index is 1.48. The molecule has 3 nitrogen and oxygen atoms in total. The average Bonchev–Trinajstić information content (AvgIpc) is 3.01. The number of rotatable bonds is 7. The molecule has 0 spiro atoms. The van der Waals surface area contributed by atoms with Crippen LogP contribution in [0.25, 0.3) is 0 Å². The van der Waals surface area contributed by atoms with Crippen LogP contribution in [0.5, 0.6) is 0 Å². The summed E-state index contributed by atoms with van der Waals surface area (Å²) >= 11 is 1.85. The van der Waals surface area contributed by atoms with E-state index in [-0.39, 0.29) is 0 Å². The second-order valence-electron chi connectivity index (χ2n) is 4.62. The van der Waals surface area contributed by atoms with Crippen LogP contribution in [-0.2, 0) is 4.74 Å². The number of hydrogen-bond donors (Lipinski definition) is 1. The van der Waals surface area contributed by atoms with Gasteiger partial charge in [0.2, 0.25) is 0 Å². The van der Waals surface area contributed by atoms with Gasteiger partial charge in [0.15, 0.2) is 5.17 Å². The molecule has 0 aromatic heterocycles. The molecule has 1 aliphatic carbocycles. The Morgan fingerprint density at radius 3 is 3.06 bits per heavy atom. The molecule has 1 atom stereocenters. The van der Waals surface area contributed by atoms with Crippen molar-refractivity contribution in [2.75, 3.05) is 25.5 Å². The maximum absolute atomic E-state index is 5.57. The Hall–Kier alpha value is -0.220. The van der Waals surface area contributed by atoms with E-state index in [0.717, 1.165) is 37.3 Å². The lowest BCUT2D eigenvalue weighted by Gasteiger charge is -2.05. The van der Waals surface area contributed by atoms with Gasteiger partial charge in [-0.25, -0.2) is 0 Å². The molecule has 0 amide bonds. The predicted octanol–water partition coefficient (Wildman–Crippen LogP) is 2.27. The summed E-state index contributed by atoms with van der Waals surface area (Å²) in [5.74, 6) is 2.05. The smallest absolute Gasteiger partial charge is 0.156 e. The van der Waals surface area contributed by atoms with Crippen LogP contribution < -0.4 is 5.32 Å². The zero-order chi connectivity index (χ0) is 11.2. The van der Waals surface area contributed by atoms with E-state index in [0.29, 0.717) is 6.04 Å². The fourth-order valence-electron chi connectivity index (χ4n) is 1.63. The Morgan fingerprint density at radius 1 is 1.50 bits per heavy atom. The highest BCUT2D eigenvalue weighted by atomic mass is 32.2. The summed E-state index contributed by atoms with van der Waals surface area (Å²) in [5, 5.41) is 4.57. The van der Waals surface area contributed by atoms with Crippen LogP contribution in [0.3, 0.4) is 0 Å². The van der Waals surface area contributed by atoms with Gasteiger partial charge in [-0.2, -0.15) is 0 Å². The minimum atomic E-state index is 0.634. The molecule has 1 aliphatic heterocycles. The number of amidine groups is 1. The summed E-state index contributed by atoms with van der Waals surface area (Å²) in [6, 6.07) is 0.634. The number of thioether (sulfide) groups is 1. The third kappa shape index (κ3) is 4.34. The molecule has 92 valence electrons. The first-order valence-electron chi connectivity index (χ1n) is 6.40. The highest BCUT2D eigenvalue weighted by Crippen LogP contribution is 2.28. The van der Waals surface area contributed by atoms with Crippen molar-refractivity contribution >= 4 is 16.9 Å². The van der Waals surface area contributed by atoms with Crippen molar-refractivity contribution in [1.82, 2.24) is 5.32 Å². The van der Waals surface area contributed by atoms with Crippen molar-refractivity contribution < 1.29 is 4.74 Å². The molecule has 0 bridgehead atoms. The van der Waals surface area contributed by atoms with E-state index in [9.17, 15) is 0 Å². The van der Waals surface area contributed by atoms with Gasteiger partial charge in [0, 0.05) is 31.6 Å². The van der Waals surface area contributed by atoms with E-state index in [1.165, 1.54) is 25.0 Å². The van der Waals surface area contributed by atoms with E-state index in [1.807, 2.05) is 11.8 Å². The molecule has 16 heavy (non-hydrogen) atoms. The molecular weight excluding hydrogens is 220 g/mol. The summed E-state index contributed by atoms with van der Waals surface area (Å²) in [6.07, 6.45) is 4.99. The first-order valence-corrected chi connectivity index (χ1v) is 7.38. The zero-order valence-corrected chi connectivity index (χ0v) is 10.9. The van der Waals surface area contributed by atoms with Gasteiger partial charge in [0.25, 0.3) is 0 Å². The lowest BCUT2D eigenvalue weighted by Crippen LogP contribution is -2.25. The van der Waals surface area contributed by atoms with Crippen molar-refractivity contribution in [3.63, 3.8) is 0 Å². The maximum atomic E-state index is 5.57. The van der Waals surface area contributed by atoms with Gasteiger partial charge in [0.1, 0.15) is 0 Å². The van der Waals surface area contributed by atoms with Crippen molar-refractivity contribution in [1.29, 1.82) is 0 Å². The molecule has 1 heterocycles. The van der Waals surface area contributed by atoms with Crippen LogP contribution in [0.1, 0.15) is 32.6 Å². The second kappa shape index (κ2) is 6.50. The molecule has 4 heteroatoms. The average molecular weight is 242 g/mol. The fraction of sp³-hybridized carbons (Fsp3) is 0.917. The molecule has 1 saturated carbocycles. The SMILES string of the molecule is CCC1CSC(=NCCCOCC2CC2)N1. The molecule has 1 N–H and O–H groups in total. The van der Waals surface area contributed by atoms with E-state index in [2.05, 4.69) is 17.2 Å². The van der Waals surface area contributed by atoms with Crippen LogP contribution in [0.4, 0.5) is 0 Å². The van der Waals surface area contributed by atoms with Crippen molar-refractivity contribution in [2.24, 2.45) is 10.9 Å². The van der Waals surface area contributed by atoms with Gasteiger partial charge >= 0.3 is 0 Å². The molecule has 2 fully saturated rings. The van der Waals surface area contributed by atoms with Crippen molar-refractivity contribution in [3.8, 4) is 0 Å². The third-order valence-electron chi connectivity index (χ3n) is 2.99. The summed E-state index contributed by atoms with van der Waals surface area (Å²) < 4.78 is 5.57. The number of ether oxygens (including phenoxy) is 1. The van der Waals surface area contributed by atoms with Crippen LogP contribution in [0.2, 0.25) is 0 Å². The lowest BCUT2D eigenvalue weighted by molar-refractivity contribution is 0.123. The Morgan fingerprint density at radius 2 is 2.38 bits per heavy atom. The molecule has 2 rings (SSSR count). The van der Waals surface area contributed by atoms with Crippen LogP contribution in [0.15, 0.2) is 4.99 Å². The number of hydrogen-bond acceptors (Lipinski definition) is 3. The second-order valence-corrected chi connectivity index (χ2v) is 5.63. The highest BCUT2D eigenvalue weighted by molar-refractivity contribution is 8.14. The zero-order valence-electron chi connectivity index (χ0n) is 10.1. The van der Waals surface area contributed by atoms with E-state index in [4.69, 9.17) is 4.74 Å². The largest absolute Gasteiger partial charge is 0.381 e. The monoisotopic (exact) mass is 242 g/mol. The molecule has 1 saturated heterocycles.